The van der Waals surface area contributed by atoms with Crippen LogP contribution >= 0.6 is 0 Å². The lowest BCUT2D eigenvalue weighted by Gasteiger charge is -2.17. The maximum atomic E-state index is 11.7. The molecule has 0 aliphatic carbocycles. The molecule has 6 N–H and O–H groups in total. The van der Waals surface area contributed by atoms with Crippen LogP contribution < -0.4 is 21.7 Å². The van der Waals surface area contributed by atoms with E-state index in [1.165, 1.54) is 6.92 Å². The van der Waals surface area contributed by atoms with E-state index in [9.17, 15) is 14.4 Å². The van der Waals surface area contributed by atoms with Gasteiger partial charge in [-0.3, -0.25) is 9.59 Å². The van der Waals surface area contributed by atoms with Crippen LogP contribution in [-0.2, 0) is 9.59 Å². The quantitative estimate of drug-likeness (QED) is 0.344. The van der Waals surface area contributed by atoms with Crippen LogP contribution in [0.5, 0.6) is 0 Å². The van der Waals surface area contributed by atoms with Gasteiger partial charge < -0.3 is 26.8 Å². The number of carbonyl (C=O) groups excluding carboxylic acids is 2. The van der Waals surface area contributed by atoms with Crippen LogP contribution in [0.25, 0.3) is 0 Å². The molecule has 8 nitrogen and oxygen atoms in total. The van der Waals surface area contributed by atoms with E-state index in [1.54, 1.807) is 0 Å². The minimum Gasteiger partial charge on any atom is -0.465 e. The largest absolute Gasteiger partial charge is 0.465 e. The molecule has 0 aromatic rings. The summed E-state index contributed by atoms with van der Waals surface area (Å²) in [6, 6.07) is -0.603. The van der Waals surface area contributed by atoms with Gasteiger partial charge in [0.15, 0.2) is 0 Å². The first-order valence-electron chi connectivity index (χ1n) is 6.19. The van der Waals surface area contributed by atoms with Crippen molar-refractivity contribution in [2.75, 3.05) is 19.6 Å². The molecular weight excluding hydrogens is 252 g/mol. The summed E-state index contributed by atoms with van der Waals surface area (Å²) >= 11 is 0. The van der Waals surface area contributed by atoms with Gasteiger partial charge in [-0.25, -0.2) is 4.79 Å². The standard InChI is InChI=1S/C11H22N4O4/c1-8(16)15-9(10(17)13-7-5-12)4-2-3-6-14-11(18)19/h9,14H,2-7,12H2,1H3,(H,13,17)(H,15,16)(H,18,19)/t9-/m0/s1. The van der Waals surface area contributed by atoms with Crippen molar-refractivity contribution < 1.29 is 19.5 Å². The van der Waals surface area contributed by atoms with Gasteiger partial charge in [0.1, 0.15) is 6.04 Å². The van der Waals surface area contributed by atoms with Crippen molar-refractivity contribution >= 4 is 17.9 Å². The Labute approximate surface area is 112 Å². The molecule has 0 bridgehead atoms. The number of hydrogen-bond acceptors (Lipinski definition) is 4. The predicted molar refractivity (Wildman–Crippen MR) is 69.5 cm³/mol. The fraction of sp³-hybridized carbons (Fsp3) is 0.727. The summed E-state index contributed by atoms with van der Waals surface area (Å²) in [5.74, 6) is -0.552. The zero-order valence-corrected chi connectivity index (χ0v) is 11.1. The second-order valence-electron chi connectivity index (χ2n) is 4.06. The molecule has 8 heteroatoms. The Kier molecular flexibility index (Phi) is 9.15. The highest BCUT2D eigenvalue weighted by atomic mass is 16.4. The van der Waals surface area contributed by atoms with E-state index in [2.05, 4.69) is 16.0 Å². The Morgan fingerprint density at radius 1 is 1.16 bits per heavy atom. The van der Waals surface area contributed by atoms with Gasteiger partial charge in [-0.05, 0) is 19.3 Å². The minimum atomic E-state index is -1.07. The summed E-state index contributed by atoms with van der Waals surface area (Å²) in [5.41, 5.74) is 5.28. The molecule has 0 saturated heterocycles. The Morgan fingerprint density at radius 2 is 1.84 bits per heavy atom. The van der Waals surface area contributed by atoms with Crippen molar-refractivity contribution in [3.63, 3.8) is 0 Å². The molecule has 110 valence electrons. The number of carbonyl (C=O) groups is 3. The number of unbranched alkanes of at least 4 members (excludes halogenated alkanes) is 1. The first kappa shape index (κ1) is 17.2. The van der Waals surface area contributed by atoms with Crippen molar-refractivity contribution in [2.24, 2.45) is 5.73 Å². The predicted octanol–water partition coefficient (Wildman–Crippen LogP) is -0.996. The molecule has 0 unspecified atom stereocenters. The molecule has 0 aromatic heterocycles. The van der Waals surface area contributed by atoms with Gasteiger partial charge in [0, 0.05) is 26.6 Å². The fourth-order valence-electron chi connectivity index (χ4n) is 1.50. The zero-order chi connectivity index (χ0) is 14.7. The molecule has 0 rings (SSSR count). The summed E-state index contributed by atoms with van der Waals surface area (Å²) in [7, 11) is 0. The molecule has 0 heterocycles. The molecule has 19 heavy (non-hydrogen) atoms. The van der Waals surface area contributed by atoms with E-state index in [4.69, 9.17) is 10.8 Å². The maximum Gasteiger partial charge on any atom is 0.404 e. The smallest absolute Gasteiger partial charge is 0.404 e. The van der Waals surface area contributed by atoms with Crippen molar-refractivity contribution in [2.45, 2.75) is 32.2 Å². The van der Waals surface area contributed by atoms with Gasteiger partial charge in [-0.2, -0.15) is 0 Å². The first-order valence-corrected chi connectivity index (χ1v) is 6.19. The lowest BCUT2D eigenvalue weighted by atomic mass is 10.1. The molecule has 0 aliphatic rings. The van der Waals surface area contributed by atoms with E-state index in [0.717, 1.165) is 0 Å². The van der Waals surface area contributed by atoms with Gasteiger partial charge in [0.25, 0.3) is 0 Å². The van der Waals surface area contributed by atoms with Gasteiger partial charge in [0.2, 0.25) is 11.8 Å². The number of rotatable bonds is 9. The van der Waals surface area contributed by atoms with Crippen LogP contribution in [0.3, 0.4) is 0 Å². The lowest BCUT2D eigenvalue weighted by Crippen LogP contribution is -2.47. The highest BCUT2D eigenvalue weighted by Gasteiger charge is 2.18. The van der Waals surface area contributed by atoms with Crippen LogP contribution in [0.1, 0.15) is 26.2 Å². The minimum absolute atomic E-state index is 0.271. The van der Waals surface area contributed by atoms with E-state index in [0.29, 0.717) is 38.9 Å². The van der Waals surface area contributed by atoms with E-state index in [1.807, 2.05) is 0 Å². The molecule has 0 aromatic carbocycles. The fourth-order valence-corrected chi connectivity index (χ4v) is 1.50. The third kappa shape index (κ3) is 9.83. The van der Waals surface area contributed by atoms with E-state index >= 15 is 0 Å². The van der Waals surface area contributed by atoms with Crippen LogP contribution in [-0.4, -0.2) is 48.7 Å². The van der Waals surface area contributed by atoms with Crippen molar-refractivity contribution in [1.29, 1.82) is 0 Å². The van der Waals surface area contributed by atoms with Crippen molar-refractivity contribution in [3.8, 4) is 0 Å². The summed E-state index contributed by atoms with van der Waals surface area (Å²) in [6.07, 6.45) is 0.615. The molecule has 0 fully saturated rings. The third-order valence-electron chi connectivity index (χ3n) is 2.33. The molecular formula is C11H22N4O4. The Hall–Kier alpha value is -1.83. The van der Waals surface area contributed by atoms with Gasteiger partial charge in [-0.15, -0.1) is 0 Å². The number of nitrogens with two attached hydrogens (primary N) is 1. The molecule has 0 saturated carbocycles. The molecule has 1 atom stereocenters. The molecule has 3 amide bonds. The Bertz CT molecular complexity index is 309. The molecule has 0 radical (unpaired) electrons. The number of amides is 3. The van der Waals surface area contributed by atoms with Crippen molar-refractivity contribution in [3.05, 3.63) is 0 Å². The lowest BCUT2D eigenvalue weighted by molar-refractivity contribution is -0.128. The van der Waals surface area contributed by atoms with Crippen LogP contribution in [0.2, 0.25) is 0 Å². The average Bonchev–Trinajstić information content (AvgIpc) is 2.33. The summed E-state index contributed by atoms with van der Waals surface area (Å²) in [5, 5.41) is 15.8. The number of carboxylic acid groups (broad SMARTS) is 1. The summed E-state index contributed by atoms with van der Waals surface area (Å²) in [6.45, 7) is 2.36. The first-order chi connectivity index (χ1) is 8.97. The number of hydrogen-bond donors (Lipinski definition) is 5. The van der Waals surface area contributed by atoms with Crippen LogP contribution in [0, 0.1) is 0 Å². The van der Waals surface area contributed by atoms with Crippen LogP contribution in [0.4, 0.5) is 4.79 Å². The third-order valence-corrected chi connectivity index (χ3v) is 2.33. The normalized spacial score (nSPS) is 11.5. The highest BCUT2D eigenvalue weighted by Crippen LogP contribution is 2.01. The highest BCUT2D eigenvalue weighted by molar-refractivity contribution is 5.86. The summed E-state index contributed by atoms with van der Waals surface area (Å²) < 4.78 is 0. The second-order valence-corrected chi connectivity index (χ2v) is 4.06. The SMILES string of the molecule is CC(=O)N[C@@H](CCCCNC(=O)O)C(=O)NCCN. The van der Waals surface area contributed by atoms with Crippen LogP contribution in [0.15, 0.2) is 0 Å². The summed E-state index contributed by atoms with van der Waals surface area (Å²) in [4.78, 5) is 32.9. The van der Waals surface area contributed by atoms with E-state index in [-0.39, 0.29) is 11.8 Å². The average molecular weight is 274 g/mol. The zero-order valence-electron chi connectivity index (χ0n) is 11.1. The molecule has 0 spiro atoms. The molecule has 0 aliphatic heterocycles. The topological polar surface area (TPSA) is 134 Å². The van der Waals surface area contributed by atoms with Gasteiger partial charge >= 0.3 is 6.09 Å². The monoisotopic (exact) mass is 274 g/mol. The van der Waals surface area contributed by atoms with Gasteiger partial charge in [-0.1, -0.05) is 0 Å². The Morgan fingerprint density at radius 3 is 2.37 bits per heavy atom. The van der Waals surface area contributed by atoms with E-state index < -0.39 is 12.1 Å². The van der Waals surface area contributed by atoms with Gasteiger partial charge in [0.05, 0.1) is 0 Å². The number of nitrogens with one attached hydrogen (secondary N) is 3. The second kappa shape index (κ2) is 10.1. The maximum absolute atomic E-state index is 11.7. The Balaban J connectivity index is 4.02. The van der Waals surface area contributed by atoms with Crippen molar-refractivity contribution in [1.82, 2.24) is 16.0 Å².